The summed E-state index contributed by atoms with van der Waals surface area (Å²) in [6.07, 6.45) is 4.81. The Morgan fingerprint density at radius 1 is 1.29 bits per heavy atom. The molecule has 1 aromatic heterocycles. The molecule has 0 fully saturated rings. The summed E-state index contributed by atoms with van der Waals surface area (Å²) < 4.78 is 8.54. The van der Waals surface area contributed by atoms with E-state index in [0.29, 0.717) is 0 Å². The van der Waals surface area contributed by atoms with Crippen molar-refractivity contribution in [1.29, 1.82) is 0 Å². The van der Waals surface area contributed by atoms with Crippen molar-refractivity contribution in [2.45, 2.75) is 43.1 Å². The van der Waals surface area contributed by atoms with Crippen molar-refractivity contribution in [2.75, 3.05) is 7.11 Å². The molecular formula is C15H18BrN3OS. The zero-order chi connectivity index (χ0) is 14.7. The van der Waals surface area contributed by atoms with Gasteiger partial charge in [0.05, 0.1) is 11.6 Å². The Kier molecular flexibility index (Phi) is 4.85. The average Bonchev–Trinajstić information content (AvgIpc) is 2.72. The predicted molar refractivity (Wildman–Crippen MR) is 87.8 cm³/mol. The number of ether oxygens (including phenoxy) is 1. The molecule has 6 heteroatoms. The summed E-state index contributed by atoms with van der Waals surface area (Å²) in [4.78, 5) is 0. The molecule has 1 aromatic carbocycles. The van der Waals surface area contributed by atoms with Crippen molar-refractivity contribution in [3.8, 4) is 5.75 Å². The van der Waals surface area contributed by atoms with Crippen LogP contribution in [0.15, 0.2) is 27.8 Å². The van der Waals surface area contributed by atoms with Gasteiger partial charge in [0.15, 0.2) is 5.16 Å². The quantitative estimate of drug-likeness (QED) is 0.763. The van der Waals surface area contributed by atoms with Gasteiger partial charge in [-0.3, -0.25) is 0 Å². The fourth-order valence-corrected chi connectivity index (χ4v) is 4.03. The molecule has 21 heavy (non-hydrogen) atoms. The molecule has 3 rings (SSSR count). The molecule has 0 spiro atoms. The molecule has 0 unspecified atom stereocenters. The molecule has 112 valence electrons. The Morgan fingerprint density at radius 2 is 2.19 bits per heavy atom. The summed E-state index contributed by atoms with van der Waals surface area (Å²) in [6, 6.07) is 6.19. The fourth-order valence-electron chi connectivity index (χ4n) is 2.51. The predicted octanol–water partition coefficient (Wildman–Crippen LogP) is 4.07. The van der Waals surface area contributed by atoms with E-state index in [1.165, 1.54) is 24.8 Å². The Balaban J connectivity index is 1.70. The lowest BCUT2D eigenvalue weighted by Crippen LogP contribution is -2.02. The van der Waals surface area contributed by atoms with Crippen LogP contribution < -0.4 is 4.74 Å². The molecule has 0 aliphatic carbocycles. The first-order valence-electron chi connectivity index (χ1n) is 7.15. The highest BCUT2D eigenvalue weighted by Gasteiger charge is 2.15. The van der Waals surface area contributed by atoms with Crippen LogP contribution in [0.2, 0.25) is 0 Å². The van der Waals surface area contributed by atoms with Crippen molar-refractivity contribution in [2.24, 2.45) is 0 Å². The van der Waals surface area contributed by atoms with Gasteiger partial charge in [-0.05, 0) is 46.5 Å². The van der Waals surface area contributed by atoms with Crippen LogP contribution in [0.25, 0.3) is 0 Å². The van der Waals surface area contributed by atoms with E-state index in [1.807, 2.05) is 6.07 Å². The Morgan fingerprint density at radius 3 is 3.00 bits per heavy atom. The largest absolute Gasteiger partial charge is 0.496 e. The lowest BCUT2D eigenvalue weighted by Gasteiger charge is -2.08. The normalized spacial score (nSPS) is 14.6. The molecule has 2 heterocycles. The van der Waals surface area contributed by atoms with Crippen molar-refractivity contribution in [3.63, 3.8) is 0 Å². The second-order valence-electron chi connectivity index (χ2n) is 5.12. The number of fused-ring (bicyclic) bond motifs is 1. The Labute approximate surface area is 137 Å². The summed E-state index contributed by atoms with van der Waals surface area (Å²) >= 11 is 5.28. The number of rotatable bonds is 4. The van der Waals surface area contributed by atoms with E-state index in [2.05, 4.69) is 42.8 Å². The number of hydrogen-bond donors (Lipinski definition) is 0. The van der Waals surface area contributed by atoms with Crippen molar-refractivity contribution >= 4 is 27.7 Å². The maximum atomic E-state index is 5.26. The zero-order valence-corrected chi connectivity index (χ0v) is 14.4. The van der Waals surface area contributed by atoms with Gasteiger partial charge in [-0.15, -0.1) is 10.2 Å². The van der Waals surface area contributed by atoms with Crippen LogP contribution in [-0.2, 0) is 18.7 Å². The van der Waals surface area contributed by atoms with Crippen LogP contribution >= 0.6 is 27.7 Å². The van der Waals surface area contributed by atoms with E-state index < -0.39 is 0 Å². The van der Waals surface area contributed by atoms with Crippen LogP contribution in [0, 0.1) is 0 Å². The molecule has 0 radical (unpaired) electrons. The smallest absolute Gasteiger partial charge is 0.191 e. The molecule has 4 nitrogen and oxygen atoms in total. The minimum atomic E-state index is 0.861. The molecule has 0 saturated heterocycles. The first-order valence-corrected chi connectivity index (χ1v) is 8.93. The van der Waals surface area contributed by atoms with E-state index in [0.717, 1.165) is 39.9 Å². The Hall–Kier alpha value is -1.01. The van der Waals surface area contributed by atoms with E-state index >= 15 is 0 Å². The third-order valence-electron chi connectivity index (χ3n) is 3.66. The second-order valence-corrected chi connectivity index (χ2v) is 6.92. The SMILES string of the molecule is COc1ccc(CSc2nnc3n2CCCCC3)cc1Br. The number of aryl methyl sites for hydroxylation is 1. The van der Waals surface area contributed by atoms with Crippen LogP contribution in [0.3, 0.4) is 0 Å². The number of thioether (sulfide) groups is 1. The van der Waals surface area contributed by atoms with Gasteiger partial charge < -0.3 is 9.30 Å². The van der Waals surface area contributed by atoms with Crippen molar-refractivity contribution < 1.29 is 4.74 Å². The molecular weight excluding hydrogens is 350 g/mol. The molecule has 1 aliphatic rings. The lowest BCUT2D eigenvalue weighted by molar-refractivity contribution is 0.412. The highest BCUT2D eigenvalue weighted by molar-refractivity contribution is 9.10. The maximum Gasteiger partial charge on any atom is 0.191 e. The number of hydrogen-bond acceptors (Lipinski definition) is 4. The van der Waals surface area contributed by atoms with Gasteiger partial charge in [0, 0.05) is 18.7 Å². The highest BCUT2D eigenvalue weighted by atomic mass is 79.9. The molecule has 0 saturated carbocycles. The summed E-state index contributed by atoms with van der Waals surface area (Å²) in [6.45, 7) is 1.05. The van der Waals surface area contributed by atoms with Gasteiger partial charge in [0.1, 0.15) is 11.6 Å². The average molecular weight is 368 g/mol. The summed E-state index contributed by atoms with van der Waals surface area (Å²) in [5.74, 6) is 2.90. The third kappa shape index (κ3) is 3.43. The molecule has 0 atom stereocenters. The Bertz CT molecular complexity index is 629. The maximum absolute atomic E-state index is 5.26. The summed E-state index contributed by atoms with van der Waals surface area (Å²) in [5.41, 5.74) is 1.25. The molecule has 0 bridgehead atoms. The first kappa shape index (κ1) is 14.9. The standard InChI is InChI=1S/C15H18BrN3OS/c1-20-13-7-6-11(9-12(13)16)10-21-15-18-17-14-5-3-2-4-8-19(14)15/h6-7,9H,2-5,8,10H2,1H3. The zero-order valence-electron chi connectivity index (χ0n) is 12.0. The summed E-state index contributed by atoms with van der Waals surface area (Å²) in [5, 5.41) is 9.73. The topological polar surface area (TPSA) is 39.9 Å². The number of nitrogens with zero attached hydrogens (tertiary/aromatic N) is 3. The fraction of sp³-hybridized carbons (Fsp3) is 0.467. The minimum Gasteiger partial charge on any atom is -0.496 e. The summed E-state index contributed by atoms with van der Waals surface area (Å²) in [7, 11) is 1.68. The van der Waals surface area contributed by atoms with Crippen LogP contribution in [0.5, 0.6) is 5.75 Å². The number of methoxy groups -OCH3 is 1. The number of aromatic nitrogens is 3. The first-order chi connectivity index (χ1) is 10.3. The van der Waals surface area contributed by atoms with Crippen LogP contribution in [-0.4, -0.2) is 21.9 Å². The van der Waals surface area contributed by atoms with E-state index in [-0.39, 0.29) is 0 Å². The monoisotopic (exact) mass is 367 g/mol. The van der Waals surface area contributed by atoms with Gasteiger partial charge in [-0.1, -0.05) is 24.2 Å². The molecule has 2 aromatic rings. The van der Waals surface area contributed by atoms with Crippen LogP contribution in [0.1, 0.15) is 30.7 Å². The molecule has 1 aliphatic heterocycles. The molecule has 0 amide bonds. The van der Waals surface area contributed by atoms with E-state index in [4.69, 9.17) is 4.74 Å². The number of halogens is 1. The van der Waals surface area contributed by atoms with E-state index in [9.17, 15) is 0 Å². The van der Waals surface area contributed by atoms with Gasteiger partial charge in [-0.2, -0.15) is 0 Å². The van der Waals surface area contributed by atoms with Gasteiger partial charge in [0.2, 0.25) is 0 Å². The third-order valence-corrected chi connectivity index (χ3v) is 5.32. The van der Waals surface area contributed by atoms with Crippen LogP contribution in [0.4, 0.5) is 0 Å². The van der Waals surface area contributed by atoms with Crippen molar-refractivity contribution in [3.05, 3.63) is 34.1 Å². The van der Waals surface area contributed by atoms with Crippen molar-refractivity contribution in [1.82, 2.24) is 14.8 Å². The lowest BCUT2D eigenvalue weighted by atomic mass is 10.2. The van der Waals surface area contributed by atoms with Gasteiger partial charge in [0.25, 0.3) is 0 Å². The van der Waals surface area contributed by atoms with E-state index in [1.54, 1.807) is 18.9 Å². The minimum absolute atomic E-state index is 0.861. The van der Waals surface area contributed by atoms with Gasteiger partial charge in [-0.25, -0.2) is 0 Å². The number of benzene rings is 1. The molecule has 0 N–H and O–H groups in total. The van der Waals surface area contributed by atoms with Gasteiger partial charge >= 0.3 is 0 Å². The highest BCUT2D eigenvalue weighted by Crippen LogP contribution is 2.29. The second kappa shape index (κ2) is 6.83.